The van der Waals surface area contributed by atoms with Crippen molar-refractivity contribution >= 4 is 17.9 Å². The quantitative estimate of drug-likeness (QED) is 0.274. The number of rotatable bonds is 3. The van der Waals surface area contributed by atoms with Crippen LogP contribution in [0, 0.1) is 17.3 Å². The van der Waals surface area contributed by atoms with E-state index < -0.39 is 70.8 Å². The molecule has 2 heterocycles. The highest BCUT2D eigenvalue weighted by Gasteiger charge is 2.85. The van der Waals surface area contributed by atoms with E-state index in [1.807, 2.05) is 19.9 Å². The van der Waals surface area contributed by atoms with E-state index in [1.165, 1.54) is 13.8 Å². The first-order valence-corrected chi connectivity index (χ1v) is 11.3. The molecule has 2 fully saturated rings. The van der Waals surface area contributed by atoms with Gasteiger partial charge in [-0.25, -0.2) is 4.79 Å². The molecular formula is C24H32O9. The van der Waals surface area contributed by atoms with Crippen molar-refractivity contribution in [2.45, 2.75) is 83.1 Å². The van der Waals surface area contributed by atoms with Crippen molar-refractivity contribution < 1.29 is 43.5 Å². The minimum absolute atomic E-state index is 0.273. The van der Waals surface area contributed by atoms with Gasteiger partial charge in [0.15, 0.2) is 17.3 Å². The molecule has 4 rings (SSSR count). The van der Waals surface area contributed by atoms with Crippen molar-refractivity contribution in [1.29, 1.82) is 0 Å². The molecule has 0 aromatic heterocycles. The molecule has 9 atom stereocenters. The van der Waals surface area contributed by atoms with Crippen molar-refractivity contribution in [2.75, 3.05) is 6.61 Å². The number of carbonyl (C=O) groups excluding carboxylic acids is 3. The Morgan fingerprint density at radius 1 is 1.21 bits per heavy atom. The number of aliphatic hydroxyl groups is 2. The maximum Gasteiger partial charge on any atom is 0.342 e. The van der Waals surface area contributed by atoms with E-state index in [0.717, 1.165) is 0 Å². The molecule has 9 heteroatoms. The van der Waals surface area contributed by atoms with E-state index in [0.29, 0.717) is 18.4 Å². The van der Waals surface area contributed by atoms with Crippen LogP contribution in [0.2, 0.25) is 0 Å². The summed E-state index contributed by atoms with van der Waals surface area (Å²) >= 11 is 0. The van der Waals surface area contributed by atoms with E-state index in [4.69, 9.17) is 18.9 Å². The molecule has 0 aromatic carbocycles. The molecule has 33 heavy (non-hydrogen) atoms. The van der Waals surface area contributed by atoms with Crippen LogP contribution in [0.15, 0.2) is 23.8 Å². The molecule has 9 unspecified atom stereocenters. The van der Waals surface area contributed by atoms with Crippen molar-refractivity contribution in [3.05, 3.63) is 23.8 Å². The average molecular weight is 465 g/mol. The minimum Gasteiger partial charge on any atom is -0.462 e. The number of aliphatic hydroxyl groups excluding tert-OH is 2. The van der Waals surface area contributed by atoms with Crippen LogP contribution in [-0.4, -0.2) is 70.3 Å². The number of hydrogen-bond donors (Lipinski definition) is 2. The Labute approximate surface area is 192 Å². The zero-order valence-corrected chi connectivity index (χ0v) is 19.6. The second-order valence-corrected chi connectivity index (χ2v) is 10.0. The Morgan fingerprint density at radius 3 is 2.45 bits per heavy atom. The highest BCUT2D eigenvalue weighted by atomic mass is 16.7. The molecule has 0 amide bonds. The molecule has 2 aliphatic carbocycles. The predicted molar refractivity (Wildman–Crippen MR) is 114 cm³/mol. The second kappa shape index (κ2) is 7.92. The van der Waals surface area contributed by atoms with Crippen molar-refractivity contribution in [1.82, 2.24) is 0 Å². The summed E-state index contributed by atoms with van der Waals surface area (Å²) < 4.78 is 22.8. The molecule has 9 nitrogen and oxygen atoms in total. The van der Waals surface area contributed by atoms with Crippen molar-refractivity contribution in [3.8, 4) is 0 Å². The zero-order valence-electron chi connectivity index (χ0n) is 19.6. The summed E-state index contributed by atoms with van der Waals surface area (Å²) in [5.41, 5.74) is -2.99. The summed E-state index contributed by atoms with van der Waals surface area (Å²) in [6.07, 6.45) is 2.64. The van der Waals surface area contributed by atoms with Crippen LogP contribution in [0.3, 0.4) is 0 Å². The molecule has 182 valence electrons. The molecule has 0 radical (unpaired) electrons. The van der Waals surface area contributed by atoms with Gasteiger partial charge in [0.1, 0.15) is 12.2 Å². The lowest BCUT2D eigenvalue weighted by Crippen LogP contribution is -2.59. The summed E-state index contributed by atoms with van der Waals surface area (Å²) in [5.74, 6) is -2.50. The maximum absolute atomic E-state index is 12.7. The minimum atomic E-state index is -1.37. The SMILES string of the molecule is CC(=O)OC1C=CC2(C)C(OC(C)=O)CCC(CO)=CC3OC(=O)C4(C)OC34C(O)C2C1C. The smallest absolute Gasteiger partial charge is 0.342 e. The highest BCUT2D eigenvalue weighted by Crippen LogP contribution is 2.64. The third kappa shape index (κ3) is 3.43. The molecule has 4 aliphatic rings. The Hall–Kier alpha value is -2.23. The van der Waals surface area contributed by atoms with Gasteiger partial charge in [0.2, 0.25) is 0 Å². The number of carbonyl (C=O) groups is 3. The fourth-order valence-corrected chi connectivity index (χ4v) is 6.18. The van der Waals surface area contributed by atoms with Crippen LogP contribution >= 0.6 is 0 Å². The van der Waals surface area contributed by atoms with Gasteiger partial charge in [0, 0.05) is 31.1 Å². The van der Waals surface area contributed by atoms with E-state index in [1.54, 1.807) is 19.1 Å². The number of ether oxygens (including phenoxy) is 4. The van der Waals surface area contributed by atoms with E-state index in [-0.39, 0.29) is 6.61 Å². The third-order valence-corrected chi connectivity index (χ3v) is 7.97. The van der Waals surface area contributed by atoms with Gasteiger partial charge in [-0.05, 0) is 37.5 Å². The summed E-state index contributed by atoms with van der Waals surface area (Å²) in [4.78, 5) is 36.4. The number of epoxide rings is 1. The van der Waals surface area contributed by atoms with Gasteiger partial charge in [0.05, 0.1) is 12.7 Å². The van der Waals surface area contributed by atoms with Crippen LogP contribution in [-0.2, 0) is 33.3 Å². The fourth-order valence-electron chi connectivity index (χ4n) is 6.18. The van der Waals surface area contributed by atoms with Crippen LogP contribution in [0.25, 0.3) is 0 Å². The van der Waals surface area contributed by atoms with E-state index in [2.05, 4.69) is 0 Å². The number of fused-ring (bicyclic) bond motifs is 1. The molecule has 0 bridgehead atoms. The molecule has 0 saturated carbocycles. The Bertz CT molecular complexity index is 925. The van der Waals surface area contributed by atoms with Crippen molar-refractivity contribution in [2.24, 2.45) is 17.3 Å². The predicted octanol–water partition coefficient (Wildman–Crippen LogP) is 1.20. The van der Waals surface area contributed by atoms with Gasteiger partial charge in [-0.3, -0.25) is 9.59 Å². The van der Waals surface area contributed by atoms with Crippen LogP contribution in [0.4, 0.5) is 0 Å². The van der Waals surface area contributed by atoms with Crippen LogP contribution in [0.5, 0.6) is 0 Å². The summed E-state index contributed by atoms with van der Waals surface area (Å²) in [6.45, 7) is 7.71. The van der Waals surface area contributed by atoms with Gasteiger partial charge in [-0.2, -0.15) is 0 Å². The Morgan fingerprint density at radius 2 is 1.88 bits per heavy atom. The Kier molecular flexibility index (Phi) is 5.74. The monoisotopic (exact) mass is 464 g/mol. The molecule has 0 aromatic rings. The van der Waals surface area contributed by atoms with Crippen molar-refractivity contribution in [3.63, 3.8) is 0 Å². The fraction of sp³-hybridized carbons (Fsp3) is 0.708. The van der Waals surface area contributed by atoms with Crippen LogP contribution in [0.1, 0.15) is 47.5 Å². The summed E-state index contributed by atoms with van der Waals surface area (Å²) in [5, 5.41) is 21.8. The average Bonchev–Trinajstić information content (AvgIpc) is 3.32. The van der Waals surface area contributed by atoms with E-state index in [9.17, 15) is 24.6 Å². The topological polar surface area (TPSA) is 132 Å². The lowest BCUT2D eigenvalue weighted by atomic mass is 9.57. The summed E-state index contributed by atoms with van der Waals surface area (Å²) in [7, 11) is 0. The lowest BCUT2D eigenvalue weighted by Gasteiger charge is -2.51. The van der Waals surface area contributed by atoms with Crippen LogP contribution < -0.4 is 0 Å². The first kappa shape index (κ1) is 23.9. The molecule has 2 N–H and O–H groups in total. The lowest BCUT2D eigenvalue weighted by molar-refractivity contribution is -0.171. The first-order chi connectivity index (χ1) is 15.4. The molecular weight excluding hydrogens is 432 g/mol. The number of esters is 3. The van der Waals surface area contributed by atoms with Gasteiger partial charge in [0.25, 0.3) is 0 Å². The highest BCUT2D eigenvalue weighted by molar-refractivity contribution is 5.88. The Balaban J connectivity index is 1.87. The van der Waals surface area contributed by atoms with Gasteiger partial charge >= 0.3 is 17.9 Å². The largest absolute Gasteiger partial charge is 0.462 e. The molecule has 1 spiro atoms. The van der Waals surface area contributed by atoms with Gasteiger partial charge < -0.3 is 29.2 Å². The standard InChI is InChI=1S/C24H32O9/c1-12-16(30-13(2)26)8-9-22(4)17(31-14(3)27)7-6-15(11-25)10-18-24(20(28)19(12)22)23(5,33-24)21(29)32-18/h8-10,12,16-20,25,28H,6-7,11H2,1-5H3. The van der Waals surface area contributed by atoms with Gasteiger partial charge in [-0.15, -0.1) is 0 Å². The second-order valence-electron chi connectivity index (χ2n) is 10.0. The normalized spacial score (nSPS) is 46.2. The first-order valence-electron chi connectivity index (χ1n) is 11.3. The zero-order chi connectivity index (χ0) is 24.3. The molecule has 2 aliphatic heterocycles. The summed E-state index contributed by atoms with van der Waals surface area (Å²) in [6, 6.07) is 0. The number of hydrogen-bond acceptors (Lipinski definition) is 9. The maximum atomic E-state index is 12.7. The third-order valence-electron chi connectivity index (χ3n) is 7.97. The molecule has 2 saturated heterocycles. The van der Waals surface area contributed by atoms with Gasteiger partial charge in [-0.1, -0.05) is 19.9 Å². The van der Waals surface area contributed by atoms with E-state index >= 15 is 0 Å².